The van der Waals surface area contributed by atoms with E-state index in [1.54, 1.807) is 44.4 Å². The summed E-state index contributed by atoms with van der Waals surface area (Å²) in [5.41, 5.74) is 1.69. The summed E-state index contributed by atoms with van der Waals surface area (Å²) in [6.07, 6.45) is 1.19. The summed E-state index contributed by atoms with van der Waals surface area (Å²) in [5, 5.41) is 2.62. The third-order valence-electron chi connectivity index (χ3n) is 4.97. The summed E-state index contributed by atoms with van der Waals surface area (Å²) in [6.45, 7) is 2.09. The predicted octanol–water partition coefficient (Wildman–Crippen LogP) is 3.33. The number of aryl methyl sites for hydroxylation is 1. The molecule has 1 atom stereocenters. The highest BCUT2D eigenvalue weighted by Gasteiger charge is 2.27. The van der Waals surface area contributed by atoms with Crippen LogP contribution >= 0.6 is 0 Å². The van der Waals surface area contributed by atoms with Crippen LogP contribution in [0.15, 0.2) is 42.5 Å². The van der Waals surface area contributed by atoms with Crippen molar-refractivity contribution in [3.05, 3.63) is 59.4 Å². The lowest BCUT2D eigenvalue weighted by molar-refractivity contribution is -0.141. The van der Waals surface area contributed by atoms with Gasteiger partial charge in [-0.05, 0) is 48.2 Å². The Labute approximate surface area is 177 Å². The molecule has 0 heterocycles. The van der Waals surface area contributed by atoms with Gasteiger partial charge in [-0.3, -0.25) is 9.59 Å². The van der Waals surface area contributed by atoms with E-state index in [9.17, 15) is 14.0 Å². The molecule has 0 aliphatic heterocycles. The molecule has 0 radical (unpaired) electrons. The quantitative estimate of drug-likeness (QED) is 0.645. The molecule has 7 heteroatoms. The SMILES string of the molecule is CCC(C(=O)NC)N(Cc1ccc(F)cc1)C(=O)CCc1ccc(OC)c(OC)c1. The van der Waals surface area contributed by atoms with Gasteiger partial charge in [-0.25, -0.2) is 4.39 Å². The van der Waals surface area contributed by atoms with Gasteiger partial charge in [-0.1, -0.05) is 25.1 Å². The molecular formula is C23H29FN2O4. The Bertz CT molecular complexity index is 855. The van der Waals surface area contributed by atoms with E-state index in [0.29, 0.717) is 24.3 Å². The summed E-state index contributed by atoms with van der Waals surface area (Å²) in [4.78, 5) is 27.0. The van der Waals surface area contributed by atoms with E-state index in [0.717, 1.165) is 11.1 Å². The van der Waals surface area contributed by atoms with Gasteiger partial charge >= 0.3 is 0 Å². The van der Waals surface area contributed by atoms with Gasteiger partial charge in [-0.2, -0.15) is 0 Å². The molecule has 0 aromatic heterocycles. The van der Waals surface area contributed by atoms with Crippen molar-refractivity contribution in [3.63, 3.8) is 0 Å². The number of ether oxygens (including phenoxy) is 2. The van der Waals surface area contributed by atoms with Gasteiger partial charge in [-0.15, -0.1) is 0 Å². The monoisotopic (exact) mass is 416 g/mol. The molecule has 162 valence electrons. The Balaban J connectivity index is 2.19. The second-order valence-electron chi connectivity index (χ2n) is 6.88. The first-order chi connectivity index (χ1) is 14.4. The van der Waals surface area contributed by atoms with Gasteiger partial charge in [0.25, 0.3) is 0 Å². The lowest BCUT2D eigenvalue weighted by Crippen LogP contribution is -2.48. The molecule has 0 fully saturated rings. The Morgan fingerprint density at radius 3 is 2.23 bits per heavy atom. The number of likely N-dealkylation sites (N-methyl/N-ethyl adjacent to an activating group) is 1. The van der Waals surface area contributed by atoms with Crippen molar-refractivity contribution >= 4 is 11.8 Å². The first-order valence-corrected chi connectivity index (χ1v) is 9.89. The number of hydrogen-bond donors (Lipinski definition) is 1. The maximum atomic E-state index is 13.3. The van der Waals surface area contributed by atoms with Crippen molar-refractivity contribution in [2.45, 2.75) is 38.8 Å². The summed E-state index contributed by atoms with van der Waals surface area (Å²) >= 11 is 0. The molecule has 0 bridgehead atoms. The molecule has 0 saturated carbocycles. The fourth-order valence-corrected chi connectivity index (χ4v) is 3.30. The van der Waals surface area contributed by atoms with Crippen LogP contribution < -0.4 is 14.8 Å². The number of carbonyl (C=O) groups excluding carboxylic acids is 2. The van der Waals surface area contributed by atoms with Crippen LogP contribution in [0.1, 0.15) is 30.9 Å². The number of nitrogens with zero attached hydrogens (tertiary/aromatic N) is 1. The van der Waals surface area contributed by atoms with Crippen molar-refractivity contribution in [2.24, 2.45) is 0 Å². The summed E-state index contributed by atoms with van der Waals surface area (Å²) in [7, 11) is 4.68. The Morgan fingerprint density at radius 1 is 1.03 bits per heavy atom. The number of amides is 2. The van der Waals surface area contributed by atoms with E-state index in [4.69, 9.17) is 9.47 Å². The first-order valence-electron chi connectivity index (χ1n) is 9.89. The van der Waals surface area contributed by atoms with Crippen LogP contribution in [0, 0.1) is 5.82 Å². The van der Waals surface area contributed by atoms with E-state index in [1.165, 1.54) is 12.1 Å². The molecule has 6 nitrogen and oxygen atoms in total. The van der Waals surface area contributed by atoms with Gasteiger partial charge in [0.05, 0.1) is 14.2 Å². The lowest BCUT2D eigenvalue weighted by Gasteiger charge is -2.30. The van der Waals surface area contributed by atoms with Crippen molar-refractivity contribution in [3.8, 4) is 11.5 Å². The molecule has 0 saturated heterocycles. The largest absolute Gasteiger partial charge is 0.493 e. The molecule has 2 rings (SSSR count). The van der Waals surface area contributed by atoms with Crippen LogP contribution in [0.3, 0.4) is 0 Å². The lowest BCUT2D eigenvalue weighted by atomic mass is 10.1. The highest BCUT2D eigenvalue weighted by molar-refractivity contribution is 5.87. The molecular weight excluding hydrogens is 387 g/mol. The van der Waals surface area contributed by atoms with Crippen LogP contribution in [0.5, 0.6) is 11.5 Å². The molecule has 2 aromatic rings. The normalized spacial score (nSPS) is 11.5. The fourth-order valence-electron chi connectivity index (χ4n) is 3.30. The zero-order valence-corrected chi connectivity index (χ0v) is 17.9. The van der Waals surface area contributed by atoms with Crippen LogP contribution in [-0.4, -0.2) is 44.0 Å². The van der Waals surface area contributed by atoms with Crippen LogP contribution in [0.25, 0.3) is 0 Å². The fraction of sp³-hybridized carbons (Fsp3) is 0.391. The van der Waals surface area contributed by atoms with E-state index >= 15 is 0 Å². The van der Waals surface area contributed by atoms with Gasteiger partial charge in [0.1, 0.15) is 11.9 Å². The average molecular weight is 416 g/mol. The van der Waals surface area contributed by atoms with Crippen LogP contribution in [0.4, 0.5) is 4.39 Å². The highest BCUT2D eigenvalue weighted by Crippen LogP contribution is 2.28. The molecule has 2 aromatic carbocycles. The molecule has 0 aliphatic carbocycles. The number of rotatable bonds is 10. The number of carbonyl (C=O) groups is 2. The van der Waals surface area contributed by atoms with E-state index in [1.807, 2.05) is 19.1 Å². The molecule has 1 N–H and O–H groups in total. The maximum absolute atomic E-state index is 13.3. The average Bonchev–Trinajstić information content (AvgIpc) is 2.78. The zero-order chi connectivity index (χ0) is 22.1. The number of nitrogens with one attached hydrogen (secondary N) is 1. The molecule has 1 unspecified atom stereocenters. The Kier molecular flexibility index (Phi) is 8.65. The van der Waals surface area contributed by atoms with E-state index in [2.05, 4.69) is 5.32 Å². The van der Waals surface area contributed by atoms with Crippen molar-refractivity contribution < 1.29 is 23.5 Å². The van der Waals surface area contributed by atoms with Gasteiger partial charge in [0.15, 0.2) is 11.5 Å². The standard InChI is InChI=1S/C23H29FN2O4/c1-5-19(23(28)25-2)26(15-17-6-10-18(24)11-7-17)22(27)13-9-16-8-12-20(29-3)21(14-16)30-4/h6-8,10-12,14,19H,5,9,13,15H2,1-4H3,(H,25,28). The van der Waals surface area contributed by atoms with Crippen molar-refractivity contribution in [2.75, 3.05) is 21.3 Å². The van der Waals surface area contributed by atoms with Crippen LogP contribution in [-0.2, 0) is 22.6 Å². The van der Waals surface area contributed by atoms with Gasteiger partial charge in [0, 0.05) is 20.0 Å². The van der Waals surface area contributed by atoms with Crippen molar-refractivity contribution in [1.82, 2.24) is 10.2 Å². The highest BCUT2D eigenvalue weighted by atomic mass is 19.1. The molecule has 2 amide bonds. The minimum absolute atomic E-state index is 0.149. The molecule has 0 spiro atoms. The van der Waals surface area contributed by atoms with E-state index in [-0.39, 0.29) is 30.6 Å². The number of hydrogen-bond acceptors (Lipinski definition) is 4. The third-order valence-corrected chi connectivity index (χ3v) is 4.97. The summed E-state index contributed by atoms with van der Waals surface area (Å²) in [6, 6.07) is 10.9. The third kappa shape index (κ3) is 5.95. The predicted molar refractivity (Wildman–Crippen MR) is 113 cm³/mol. The Hall–Kier alpha value is -3.09. The molecule has 0 aliphatic rings. The first kappa shape index (κ1) is 23.2. The topological polar surface area (TPSA) is 67.9 Å². The van der Waals surface area contributed by atoms with E-state index < -0.39 is 6.04 Å². The van der Waals surface area contributed by atoms with Crippen LogP contribution in [0.2, 0.25) is 0 Å². The second-order valence-corrected chi connectivity index (χ2v) is 6.88. The maximum Gasteiger partial charge on any atom is 0.242 e. The Morgan fingerprint density at radius 2 is 1.67 bits per heavy atom. The van der Waals surface area contributed by atoms with Crippen molar-refractivity contribution in [1.29, 1.82) is 0 Å². The minimum Gasteiger partial charge on any atom is -0.493 e. The zero-order valence-electron chi connectivity index (χ0n) is 17.9. The number of methoxy groups -OCH3 is 2. The molecule has 30 heavy (non-hydrogen) atoms. The number of benzene rings is 2. The van der Waals surface area contributed by atoms with Gasteiger partial charge < -0.3 is 19.7 Å². The summed E-state index contributed by atoms with van der Waals surface area (Å²) in [5.74, 6) is 0.505. The summed E-state index contributed by atoms with van der Waals surface area (Å²) < 4.78 is 23.8. The second kappa shape index (κ2) is 11.2. The minimum atomic E-state index is -0.599. The number of halogens is 1. The smallest absolute Gasteiger partial charge is 0.242 e. The van der Waals surface area contributed by atoms with Gasteiger partial charge in [0.2, 0.25) is 11.8 Å².